The van der Waals surface area contributed by atoms with Crippen molar-refractivity contribution >= 4 is 21.9 Å². The average molecular weight is 252 g/mol. The molecule has 8 heteroatoms. The van der Waals surface area contributed by atoms with Crippen molar-refractivity contribution in [2.24, 2.45) is 5.73 Å². The summed E-state index contributed by atoms with van der Waals surface area (Å²) in [6.07, 6.45) is -0.579. The van der Waals surface area contributed by atoms with E-state index in [1.165, 1.54) is 20.8 Å². The molecular weight excluding hydrogens is 236 g/mol. The predicted octanol–water partition coefficient (Wildman–Crippen LogP) is -0.967. The number of amides is 1. The zero-order valence-electron chi connectivity index (χ0n) is 9.35. The number of carbonyl (C=O) groups is 2. The predicted molar refractivity (Wildman–Crippen MR) is 57.0 cm³/mol. The van der Waals surface area contributed by atoms with E-state index in [1.807, 2.05) is 4.72 Å². The maximum atomic E-state index is 11.6. The minimum Gasteiger partial charge on any atom is -0.480 e. The van der Waals surface area contributed by atoms with E-state index in [9.17, 15) is 18.0 Å². The molecule has 0 saturated carbocycles. The Bertz CT molecular complexity index is 382. The Morgan fingerprint density at radius 3 is 2.06 bits per heavy atom. The third-order valence-electron chi connectivity index (χ3n) is 1.81. The lowest BCUT2D eigenvalue weighted by Crippen LogP contribution is -2.49. The van der Waals surface area contributed by atoms with E-state index in [4.69, 9.17) is 10.8 Å². The van der Waals surface area contributed by atoms with E-state index in [0.717, 1.165) is 0 Å². The Morgan fingerprint density at radius 2 is 1.81 bits per heavy atom. The molecular formula is C8H16N2O5S. The van der Waals surface area contributed by atoms with Gasteiger partial charge >= 0.3 is 5.97 Å². The van der Waals surface area contributed by atoms with Crippen LogP contribution in [0, 0.1) is 0 Å². The summed E-state index contributed by atoms with van der Waals surface area (Å²) in [7, 11) is -3.83. The van der Waals surface area contributed by atoms with Gasteiger partial charge in [0.1, 0.15) is 6.04 Å². The van der Waals surface area contributed by atoms with Gasteiger partial charge in [-0.25, -0.2) is 8.42 Å². The molecule has 1 unspecified atom stereocenters. The van der Waals surface area contributed by atoms with E-state index < -0.39 is 39.1 Å². The summed E-state index contributed by atoms with van der Waals surface area (Å²) in [5.74, 6) is -2.32. The molecule has 0 fully saturated rings. The molecule has 0 aliphatic heterocycles. The SMILES string of the molecule is CC(C)(C)S(=O)(=O)NC(CC(N)=O)C(=O)O. The zero-order chi connectivity index (χ0) is 13.1. The Kier molecular flexibility index (Phi) is 4.45. The first-order chi connectivity index (χ1) is 6.97. The van der Waals surface area contributed by atoms with Gasteiger partial charge in [0, 0.05) is 0 Å². The quantitative estimate of drug-likeness (QED) is 0.580. The molecule has 7 nitrogen and oxygen atoms in total. The van der Waals surface area contributed by atoms with Gasteiger partial charge in [-0.05, 0) is 20.8 Å². The molecule has 1 amide bonds. The van der Waals surface area contributed by atoms with Crippen molar-refractivity contribution in [1.29, 1.82) is 0 Å². The van der Waals surface area contributed by atoms with E-state index in [-0.39, 0.29) is 0 Å². The molecule has 0 saturated heterocycles. The van der Waals surface area contributed by atoms with E-state index in [0.29, 0.717) is 0 Å². The fourth-order valence-corrected chi connectivity index (χ4v) is 1.66. The van der Waals surface area contributed by atoms with Crippen LogP contribution in [0.3, 0.4) is 0 Å². The normalized spacial score (nSPS) is 14.4. The third-order valence-corrected chi connectivity index (χ3v) is 4.01. The van der Waals surface area contributed by atoms with Crippen LogP contribution in [0.2, 0.25) is 0 Å². The summed E-state index contributed by atoms with van der Waals surface area (Å²) in [4.78, 5) is 21.3. The minimum atomic E-state index is -3.83. The summed E-state index contributed by atoms with van der Waals surface area (Å²) in [5.41, 5.74) is 4.82. The highest BCUT2D eigenvalue weighted by Gasteiger charge is 2.34. The first-order valence-corrected chi connectivity index (χ1v) is 5.98. The van der Waals surface area contributed by atoms with Crippen LogP contribution in [-0.4, -0.2) is 36.2 Å². The van der Waals surface area contributed by atoms with E-state index in [2.05, 4.69) is 0 Å². The summed E-state index contributed by atoms with van der Waals surface area (Å²) < 4.78 is 24.0. The van der Waals surface area contributed by atoms with Gasteiger partial charge in [0.05, 0.1) is 11.2 Å². The summed E-state index contributed by atoms with van der Waals surface area (Å²) >= 11 is 0. The van der Waals surface area contributed by atoms with Crippen LogP contribution in [0.15, 0.2) is 0 Å². The molecule has 0 aliphatic carbocycles. The standard InChI is InChI=1S/C8H16N2O5S/c1-8(2,3)16(14,15)10-5(7(12)13)4-6(9)11/h5,10H,4H2,1-3H3,(H2,9,11)(H,12,13). The van der Waals surface area contributed by atoms with Crippen molar-refractivity contribution in [2.75, 3.05) is 0 Å². The molecule has 0 heterocycles. The fourth-order valence-electron chi connectivity index (χ4n) is 0.745. The molecule has 0 rings (SSSR count). The van der Waals surface area contributed by atoms with Crippen LogP contribution in [0.4, 0.5) is 0 Å². The molecule has 0 spiro atoms. The number of nitrogens with one attached hydrogen (secondary N) is 1. The van der Waals surface area contributed by atoms with Crippen LogP contribution in [0.25, 0.3) is 0 Å². The smallest absolute Gasteiger partial charge is 0.322 e. The molecule has 0 bridgehead atoms. The van der Waals surface area contributed by atoms with Gasteiger partial charge in [0.2, 0.25) is 15.9 Å². The molecule has 0 aliphatic rings. The first kappa shape index (κ1) is 14.8. The number of aliphatic carboxylic acids is 1. The summed E-state index contributed by atoms with van der Waals surface area (Å²) in [5, 5.41) is 8.72. The van der Waals surface area contributed by atoms with Crippen molar-refractivity contribution in [1.82, 2.24) is 4.72 Å². The van der Waals surface area contributed by atoms with Crippen molar-refractivity contribution in [2.45, 2.75) is 38.0 Å². The Morgan fingerprint density at radius 1 is 1.38 bits per heavy atom. The molecule has 16 heavy (non-hydrogen) atoms. The van der Waals surface area contributed by atoms with Gasteiger partial charge in [-0.3, -0.25) is 9.59 Å². The van der Waals surface area contributed by atoms with Crippen LogP contribution in [-0.2, 0) is 19.6 Å². The number of carboxylic acid groups (broad SMARTS) is 1. The molecule has 1 atom stereocenters. The molecule has 0 aromatic carbocycles. The molecule has 94 valence electrons. The lowest BCUT2D eigenvalue weighted by atomic mass is 10.2. The number of hydrogen-bond acceptors (Lipinski definition) is 4. The van der Waals surface area contributed by atoms with Crippen LogP contribution < -0.4 is 10.5 Å². The van der Waals surface area contributed by atoms with Gasteiger partial charge in [0.15, 0.2) is 0 Å². The Labute approximate surface area is 94.1 Å². The van der Waals surface area contributed by atoms with E-state index >= 15 is 0 Å². The number of carbonyl (C=O) groups excluding carboxylic acids is 1. The number of nitrogens with two attached hydrogens (primary N) is 1. The Balaban J connectivity index is 4.91. The first-order valence-electron chi connectivity index (χ1n) is 4.50. The lowest BCUT2D eigenvalue weighted by Gasteiger charge is -2.22. The van der Waals surface area contributed by atoms with Crippen molar-refractivity contribution < 1.29 is 23.1 Å². The number of rotatable bonds is 5. The van der Waals surface area contributed by atoms with Crippen LogP contribution in [0.1, 0.15) is 27.2 Å². The highest BCUT2D eigenvalue weighted by molar-refractivity contribution is 7.90. The number of primary amides is 1. The third kappa shape index (κ3) is 4.15. The maximum Gasteiger partial charge on any atom is 0.322 e. The maximum absolute atomic E-state index is 11.6. The largest absolute Gasteiger partial charge is 0.480 e. The monoisotopic (exact) mass is 252 g/mol. The van der Waals surface area contributed by atoms with Gasteiger partial charge in [-0.2, -0.15) is 4.72 Å². The molecule has 0 radical (unpaired) electrons. The van der Waals surface area contributed by atoms with Gasteiger partial charge in [0.25, 0.3) is 0 Å². The molecule has 4 N–H and O–H groups in total. The van der Waals surface area contributed by atoms with Crippen LogP contribution >= 0.6 is 0 Å². The number of hydrogen-bond donors (Lipinski definition) is 3. The highest BCUT2D eigenvalue weighted by Crippen LogP contribution is 2.14. The van der Waals surface area contributed by atoms with Crippen molar-refractivity contribution in [3.8, 4) is 0 Å². The second kappa shape index (κ2) is 4.79. The number of sulfonamides is 1. The van der Waals surface area contributed by atoms with Gasteiger partial charge < -0.3 is 10.8 Å². The van der Waals surface area contributed by atoms with Crippen LogP contribution in [0.5, 0.6) is 0 Å². The van der Waals surface area contributed by atoms with Gasteiger partial charge in [-0.1, -0.05) is 0 Å². The zero-order valence-corrected chi connectivity index (χ0v) is 10.2. The van der Waals surface area contributed by atoms with Gasteiger partial charge in [-0.15, -0.1) is 0 Å². The lowest BCUT2D eigenvalue weighted by molar-refractivity contribution is -0.140. The second-order valence-corrected chi connectivity index (χ2v) is 6.76. The summed E-state index contributed by atoms with van der Waals surface area (Å²) in [6, 6.07) is -1.53. The topological polar surface area (TPSA) is 127 Å². The molecule has 0 aromatic heterocycles. The molecule has 0 aromatic rings. The highest BCUT2D eigenvalue weighted by atomic mass is 32.2. The minimum absolute atomic E-state index is 0.579. The number of carboxylic acids is 1. The van der Waals surface area contributed by atoms with Crippen molar-refractivity contribution in [3.63, 3.8) is 0 Å². The fraction of sp³-hybridized carbons (Fsp3) is 0.750. The second-order valence-electron chi connectivity index (χ2n) is 4.29. The average Bonchev–Trinajstić information content (AvgIpc) is 1.98. The Hall–Kier alpha value is -1.15. The van der Waals surface area contributed by atoms with Crippen molar-refractivity contribution in [3.05, 3.63) is 0 Å². The summed E-state index contributed by atoms with van der Waals surface area (Å²) in [6.45, 7) is 4.25. The van der Waals surface area contributed by atoms with E-state index in [1.54, 1.807) is 0 Å².